The Bertz CT molecular complexity index is 1100. The van der Waals surface area contributed by atoms with Crippen LogP contribution in [-0.2, 0) is 17.5 Å². The molecular formula is C21H17BrF3N3O2. The van der Waals surface area contributed by atoms with Gasteiger partial charge in [-0.05, 0) is 42.8 Å². The minimum atomic E-state index is -4.48. The van der Waals surface area contributed by atoms with Gasteiger partial charge in [0.25, 0.3) is 5.56 Å². The first-order chi connectivity index (χ1) is 14.2. The molecule has 1 amide bonds. The summed E-state index contributed by atoms with van der Waals surface area (Å²) in [7, 11) is 0. The van der Waals surface area contributed by atoms with Gasteiger partial charge in [-0.2, -0.15) is 18.3 Å². The fraction of sp³-hybridized carbons (Fsp3) is 0.190. The maximum Gasteiger partial charge on any atom is 0.416 e. The average molecular weight is 480 g/mol. The van der Waals surface area contributed by atoms with Gasteiger partial charge in [-0.1, -0.05) is 34.1 Å². The second-order valence-electron chi connectivity index (χ2n) is 6.52. The van der Waals surface area contributed by atoms with Gasteiger partial charge in [-0.15, -0.1) is 0 Å². The van der Waals surface area contributed by atoms with Crippen molar-refractivity contribution in [3.8, 4) is 11.3 Å². The Balaban J connectivity index is 1.60. The van der Waals surface area contributed by atoms with Crippen LogP contribution in [0.4, 0.5) is 18.9 Å². The third-order valence-electron chi connectivity index (χ3n) is 4.25. The summed E-state index contributed by atoms with van der Waals surface area (Å²) in [4.78, 5) is 24.1. The van der Waals surface area contributed by atoms with Crippen molar-refractivity contribution < 1.29 is 18.0 Å². The zero-order valence-corrected chi connectivity index (χ0v) is 17.2. The van der Waals surface area contributed by atoms with Crippen molar-refractivity contribution >= 4 is 27.5 Å². The Labute approximate surface area is 178 Å². The predicted octanol–water partition coefficient (Wildman–Crippen LogP) is 5.11. The van der Waals surface area contributed by atoms with Crippen LogP contribution < -0.4 is 10.9 Å². The third-order valence-corrected chi connectivity index (χ3v) is 4.78. The normalized spacial score (nSPS) is 11.3. The minimum absolute atomic E-state index is 0.0346. The van der Waals surface area contributed by atoms with Crippen LogP contribution in [0.25, 0.3) is 11.3 Å². The summed E-state index contributed by atoms with van der Waals surface area (Å²) in [6.45, 7) is 0.208. The number of rotatable bonds is 6. The minimum Gasteiger partial charge on any atom is -0.326 e. The summed E-state index contributed by atoms with van der Waals surface area (Å²) in [5.41, 5.74) is 0.405. The highest BCUT2D eigenvalue weighted by molar-refractivity contribution is 9.10. The number of halogens is 4. The second kappa shape index (κ2) is 9.25. The first-order valence-corrected chi connectivity index (χ1v) is 9.83. The Morgan fingerprint density at radius 2 is 1.80 bits per heavy atom. The topological polar surface area (TPSA) is 64.0 Å². The van der Waals surface area contributed by atoms with E-state index in [9.17, 15) is 22.8 Å². The van der Waals surface area contributed by atoms with Crippen LogP contribution in [0.5, 0.6) is 0 Å². The number of hydrogen-bond acceptors (Lipinski definition) is 3. The molecule has 1 aromatic heterocycles. The summed E-state index contributed by atoms with van der Waals surface area (Å²) in [6, 6.07) is 14.9. The Hall–Kier alpha value is -2.94. The Morgan fingerprint density at radius 1 is 1.07 bits per heavy atom. The van der Waals surface area contributed by atoms with Crippen LogP contribution in [0.2, 0.25) is 0 Å². The Morgan fingerprint density at radius 3 is 2.50 bits per heavy atom. The standard InChI is InChI=1S/C21H17BrF3N3O2/c22-16-8-6-14(7-9-16)18-10-11-20(30)28(27-18)12-2-5-19(29)26-17-4-1-3-15(13-17)21(23,24)25/h1,3-4,6-11,13H,2,5,12H2,(H,26,29). The average Bonchev–Trinajstić information content (AvgIpc) is 2.69. The fourth-order valence-electron chi connectivity index (χ4n) is 2.77. The molecule has 9 heteroatoms. The smallest absolute Gasteiger partial charge is 0.326 e. The quantitative estimate of drug-likeness (QED) is 0.534. The molecule has 30 heavy (non-hydrogen) atoms. The van der Waals surface area contributed by atoms with Crippen LogP contribution >= 0.6 is 15.9 Å². The molecule has 0 aliphatic rings. The van der Waals surface area contributed by atoms with E-state index in [2.05, 4.69) is 26.3 Å². The van der Waals surface area contributed by atoms with Crippen LogP contribution in [0.15, 0.2) is 69.9 Å². The zero-order valence-electron chi connectivity index (χ0n) is 15.6. The monoisotopic (exact) mass is 479 g/mol. The SMILES string of the molecule is O=C(CCCn1nc(-c2ccc(Br)cc2)ccc1=O)Nc1cccc(C(F)(F)F)c1. The molecule has 0 bridgehead atoms. The number of alkyl halides is 3. The van der Waals surface area contributed by atoms with Gasteiger partial charge in [0.2, 0.25) is 5.91 Å². The van der Waals surface area contributed by atoms with Crippen LogP contribution in [0.3, 0.4) is 0 Å². The molecule has 0 radical (unpaired) electrons. The van der Waals surface area contributed by atoms with Crippen molar-refractivity contribution in [3.63, 3.8) is 0 Å². The molecule has 0 spiro atoms. The maximum absolute atomic E-state index is 12.8. The summed E-state index contributed by atoms with van der Waals surface area (Å²) in [5.74, 6) is -0.438. The lowest BCUT2D eigenvalue weighted by atomic mass is 10.1. The number of anilines is 1. The highest BCUT2D eigenvalue weighted by atomic mass is 79.9. The van der Waals surface area contributed by atoms with Crippen molar-refractivity contribution in [2.24, 2.45) is 0 Å². The van der Waals surface area contributed by atoms with Gasteiger partial charge < -0.3 is 5.32 Å². The van der Waals surface area contributed by atoms with E-state index in [1.807, 2.05) is 24.3 Å². The molecule has 0 aliphatic carbocycles. The number of nitrogens with zero attached hydrogens (tertiary/aromatic N) is 2. The lowest BCUT2D eigenvalue weighted by Crippen LogP contribution is -2.23. The first-order valence-electron chi connectivity index (χ1n) is 9.03. The highest BCUT2D eigenvalue weighted by Gasteiger charge is 2.30. The first kappa shape index (κ1) is 21.8. The molecule has 3 aromatic rings. The largest absolute Gasteiger partial charge is 0.416 e. The number of carbonyl (C=O) groups is 1. The van der Waals surface area contributed by atoms with Crippen molar-refractivity contribution in [3.05, 3.63) is 81.1 Å². The fourth-order valence-corrected chi connectivity index (χ4v) is 3.03. The summed E-state index contributed by atoms with van der Waals surface area (Å²) >= 11 is 3.36. The van der Waals surface area contributed by atoms with Crippen molar-refractivity contribution in [2.45, 2.75) is 25.6 Å². The summed E-state index contributed by atoms with van der Waals surface area (Å²) in [6.07, 6.45) is -4.14. The number of benzene rings is 2. The van der Waals surface area contributed by atoms with Gasteiger partial charge in [-0.25, -0.2) is 4.68 Å². The van der Waals surface area contributed by atoms with Gasteiger partial charge in [0.15, 0.2) is 0 Å². The van der Waals surface area contributed by atoms with Gasteiger partial charge in [0.1, 0.15) is 0 Å². The van der Waals surface area contributed by atoms with Gasteiger partial charge in [-0.3, -0.25) is 9.59 Å². The van der Waals surface area contributed by atoms with Gasteiger partial charge >= 0.3 is 6.18 Å². The van der Waals surface area contributed by atoms with E-state index in [0.717, 1.165) is 22.2 Å². The molecule has 1 N–H and O–H groups in total. The third kappa shape index (κ3) is 5.79. The van der Waals surface area contributed by atoms with Gasteiger partial charge in [0, 0.05) is 34.8 Å². The van der Waals surface area contributed by atoms with E-state index < -0.39 is 17.6 Å². The molecule has 0 saturated carbocycles. The van der Waals surface area contributed by atoms with E-state index in [1.54, 1.807) is 6.07 Å². The molecule has 0 fully saturated rings. The molecule has 0 aliphatic heterocycles. The van der Waals surface area contributed by atoms with Crippen LogP contribution in [0, 0.1) is 0 Å². The van der Waals surface area contributed by atoms with E-state index in [0.29, 0.717) is 12.1 Å². The van der Waals surface area contributed by atoms with Crippen molar-refractivity contribution in [1.82, 2.24) is 9.78 Å². The number of nitrogens with one attached hydrogen (secondary N) is 1. The number of aryl methyl sites for hydroxylation is 1. The molecule has 5 nitrogen and oxygen atoms in total. The predicted molar refractivity (Wildman–Crippen MR) is 111 cm³/mol. The highest BCUT2D eigenvalue weighted by Crippen LogP contribution is 2.30. The lowest BCUT2D eigenvalue weighted by Gasteiger charge is -2.10. The number of carbonyl (C=O) groups excluding carboxylic acids is 1. The molecular weight excluding hydrogens is 463 g/mol. The van der Waals surface area contributed by atoms with Gasteiger partial charge in [0.05, 0.1) is 11.3 Å². The molecule has 0 saturated heterocycles. The summed E-state index contributed by atoms with van der Waals surface area (Å²) < 4.78 is 40.5. The maximum atomic E-state index is 12.8. The zero-order chi connectivity index (χ0) is 21.7. The van der Waals surface area contributed by atoms with Crippen molar-refractivity contribution in [2.75, 3.05) is 5.32 Å². The second-order valence-corrected chi connectivity index (χ2v) is 7.43. The lowest BCUT2D eigenvalue weighted by molar-refractivity contribution is -0.137. The molecule has 3 rings (SSSR count). The van der Waals surface area contributed by atoms with E-state index in [1.165, 1.54) is 22.9 Å². The number of amides is 1. The molecule has 1 heterocycles. The molecule has 0 unspecified atom stereocenters. The molecule has 156 valence electrons. The summed E-state index contributed by atoms with van der Waals surface area (Å²) in [5, 5.41) is 6.77. The van der Waals surface area contributed by atoms with E-state index in [4.69, 9.17) is 0 Å². The van der Waals surface area contributed by atoms with Crippen LogP contribution in [-0.4, -0.2) is 15.7 Å². The van der Waals surface area contributed by atoms with E-state index >= 15 is 0 Å². The van der Waals surface area contributed by atoms with Crippen LogP contribution in [0.1, 0.15) is 18.4 Å². The molecule has 0 atom stereocenters. The van der Waals surface area contributed by atoms with Crippen molar-refractivity contribution in [1.29, 1.82) is 0 Å². The van der Waals surface area contributed by atoms with E-state index in [-0.39, 0.29) is 24.2 Å². The number of hydrogen-bond donors (Lipinski definition) is 1. The Kier molecular flexibility index (Phi) is 6.71. The number of aromatic nitrogens is 2. The molecule has 2 aromatic carbocycles.